The monoisotopic (exact) mass is 776 g/mol. The summed E-state index contributed by atoms with van der Waals surface area (Å²) in [6, 6.07) is 12.1. The molecule has 3 aliphatic rings. The van der Waals surface area contributed by atoms with Crippen LogP contribution in [0.5, 0.6) is 0 Å². The second kappa shape index (κ2) is 19.1. The summed E-state index contributed by atoms with van der Waals surface area (Å²) in [5.74, 6) is -3.01. The van der Waals surface area contributed by atoms with Gasteiger partial charge in [-0.25, -0.2) is 4.79 Å². The van der Waals surface area contributed by atoms with Gasteiger partial charge in [0.2, 0.25) is 23.5 Å². The molecule has 2 fully saturated rings. The summed E-state index contributed by atoms with van der Waals surface area (Å²) < 4.78 is 5.49. The number of ketones is 1. The average molecular weight is 777 g/mol. The maximum atomic E-state index is 14.4. The quantitative estimate of drug-likeness (QED) is 0.252. The Morgan fingerprint density at radius 1 is 0.873 bits per heavy atom. The van der Waals surface area contributed by atoms with E-state index >= 15 is 0 Å². The van der Waals surface area contributed by atoms with Gasteiger partial charge in [-0.15, -0.1) is 0 Å². The Morgan fingerprint density at radius 2 is 1.58 bits per heavy atom. The first-order chi connectivity index (χ1) is 26.3. The SMILES string of the molecule is CC(C)(C)OC(=O)NC1CCC=CCCNC(=O)[C@@H](Cc2ccccc2)NC(=O)C(=O)C(CC2CCC2)NC(=O)[C@@H]2CN(CCN2c2ccc(Cl)cc2)C1=O. The minimum Gasteiger partial charge on any atom is -0.444 e. The lowest BCUT2D eigenvalue weighted by atomic mass is 9.80. The van der Waals surface area contributed by atoms with E-state index in [1.807, 2.05) is 47.4 Å². The minimum absolute atomic E-state index is 0.0501. The highest BCUT2D eigenvalue weighted by molar-refractivity contribution is 6.38. The molecule has 0 radical (unpaired) electrons. The fourth-order valence-electron chi connectivity index (χ4n) is 6.99. The molecule has 4 atom stereocenters. The van der Waals surface area contributed by atoms with Crippen molar-refractivity contribution in [3.63, 3.8) is 0 Å². The molecule has 0 spiro atoms. The minimum atomic E-state index is -1.16. The van der Waals surface area contributed by atoms with Crippen LogP contribution >= 0.6 is 11.6 Å². The van der Waals surface area contributed by atoms with Crippen molar-refractivity contribution >= 4 is 52.8 Å². The Bertz CT molecular complexity index is 1710. The van der Waals surface area contributed by atoms with Crippen molar-refractivity contribution < 1.29 is 33.5 Å². The molecule has 14 heteroatoms. The summed E-state index contributed by atoms with van der Waals surface area (Å²) in [6.45, 7) is 5.94. The van der Waals surface area contributed by atoms with E-state index in [-0.39, 0.29) is 57.3 Å². The Labute approximate surface area is 327 Å². The summed E-state index contributed by atoms with van der Waals surface area (Å²) >= 11 is 6.20. The number of amides is 5. The number of nitrogens with one attached hydrogen (secondary N) is 4. The molecule has 2 heterocycles. The van der Waals surface area contributed by atoms with Gasteiger partial charge in [0.25, 0.3) is 5.91 Å². The van der Waals surface area contributed by atoms with Gasteiger partial charge in [-0.3, -0.25) is 24.0 Å². The number of alkyl carbamates (subject to hydrolysis) is 1. The maximum absolute atomic E-state index is 14.4. The van der Waals surface area contributed by atoms with Crippen molar-refractivity contribution in [3.05, 3.63) is 77.3 Å². The van der Waals surface area contributed by atoms with Gasteiger partial charge in [0.1, 0.15) is 23.7 Å². The predicted octanol–water partition coefficient (Wildman–Crippen LogP) is 4.08. The highest BCUT2D eigenvalue weighted by Crippen LogP contribution is 2.31. The zero-order valence-electron chi connectivity index (χ0n) is 31.9. The van der Waals surface area contributed by atoms with Crippen LogP contribution in [0.4, 0.5) is 10.5 Å². The van der Waals surface area contributed by atoms with Gasteiger partial charge in [0.15, 0.2) is 0 Å². The molecule has 2 aromatic rings. The first-order valence-corrected chi connectivity index (χ1v) is 19.6. The number of nitrogens with zero attached hydrogens (tertiary/aromatic N) is 2. The first-order valence-electron chi connectivity index (χ1n) is 19.2. The number of carbonyl (C=O) groups is 6. The third-order valence-corrected chi connectivity index (χ3v) is 10.3. The molecule has 2 aliphatic heterocycles. The van der Waals surface area contributed by atoms with Gasteiger partial charge in [-0.1, -0.05) is 73.3 Å². The predicted molar refractivity (Wildman–Crippen MR) is 209 cm³/mol. The highest BCUT2D eigenvalue weighted by atomic mass is 35.5. The molecular formula is C41H53ClN6O7. The van der Waals surface area contributed by atoms with Crippen molar-refractivity contribution in [1.82, 2.24) is 26.2 Å². The molecule has 5 amide bonds. The molecule has 5 rings (SSSR count). The highest BCUT2D eigenvalue weighted by Gasteiger charge is 2.40. The number of rotatable bonds is 6. The van der Waals surface area contributed by atoms with Crippen LogP contribution in [0.1, 0.15) is 71.3 Å². The molecular weight excluding hydrogens is 724 g/mol. The molecule has 2 bridgehead atoms. The smallest absolute Gasteiger partial charge is 0.408 e. The number of allylic oxidation sites excluding steroid dienone is 1. The van der Waals surface area contributed by atoms with Crippen LogP contribution in [-0.2, 0) is 35.1 Å². The van der Waals surface area contributed by atoms with E-state index in [2.05, 4.69) is 21.3 Å². The second-order valence-electron chi connectivity index (χ2n) is 15.5. The molecule has 2 aromatic carbocycles. The van der Waals surface area contributed by atoms with E-state index in [1.54, 1.807) is 49.9 Å². The van der Waals surface area contributed by atoms with Crippen LogP contribution in [0.3, 0.4) is 0 Å². The van der Waals surface area contributed by atoms with Crippen LogP contribution < -0.4 is 26.2 Å². The molecule has 2 unspecified atom stereocenters. The third kappa shape index (κ3) is 12.0. The lowest BCUT2D eigenvalue weighted by molar-refractivity contribution is -0.142. The first kappa shape index (κ1) is 41.3. The summed E-state index contributed by atoms with van der Waals surface area (Å²) in [7, 11) is 0. The number of carbonyl (C=O) groups excluding carboxylic acids is 6. The zero-order chi connectivity index (χ0) is 39.5. The summed E-state index contributed by atoms with van der Waals surface area (Å²) in [5, 5.41) is 11.7. The normalized spacial score (nSPS) is 23.9. The van der Waals surface area contributed by atoms with Crippen LogP contribution in [0.15, 0.2) is 66.7 Å². The fraction of sp³-hybridized carbons (Fsp3) is 0.512. The Balaban J connectivity index is 1.47. The number of ether oxygens (including phenoxy) is 1. The fourth-order valence-corrected chi connectivity index (χ4v) is 7.11. The van der Waals surface area contributed by atoms with Crippen molar-refractivity contribution in [2.75, 3.05) is 31.1 Å². The number of anilines is 1. The van der Waals surface area contributed by atoms with Gasteiger partial charge in [0.05, 0.1) is 12.6 Å². The summed E-state index contributed by atoms with van der Waals surface area (Å²) in [5.41, 5.74) is 0.703. The number of benzene rings is 2. The van der Waals surface area contributed by atoms with Crippen molar-refractivity contribution in [2.24, 2.45) is 5.92 Å². The number of piperazine rings is 1. The van der Waals surface area contributed by atoms with Crippen LogP contribution in [0.2, 0.25) is 5.02 Å². The van der Waals surface area contributed by atoms with Crippen LogP contribution in [0, 0.1) is 5.92 Å². The Morgan fingerprint density at radius 3 is 2.25 bits per heavy atom. The maximum Gasteiger partial charge on any atom is 0.408 e. The number of hydrogen-bond donors (Lipinski definition) is 4. The summed E-state index contributed by atoms with van der Waals surface area (Å²) in [4.78, 5) is 86.1. The second-order valence-corrected chi connectivity index (χ2v) is 15.9. The van der Waals surface area contributed by atoms with Gasteiger partial charge < -0.3 is 35.8 Å². The molecule has 296 valence electrons. The van der Waals surface area contributed by atoms with Gasteiger partial charge >= 0.3 is 6.09 Å². The van der Waals surface area contributed by atoms with Crippen LogP contribution in [-0.4, -0.2) is 96.4 Å². The molecule has 13 nitrogen and oxygen atoms in total. The van der Waals surface area contributed by atoms with Gasteiger partial charge in [-0.2, -0.15) is 0 Å². The van der Waals surface area contributed by atoms with Gasteiger partial charge in [0, 0.05) is 36.8 Å². The van der Waals surface area contributed by atoms with E-state index < -0.39 is 59.4 Å². The molecule has 55 heavy (non-hydrogen) atoms. The third-order valence-electron chi connectivity index (χ3n) is 10.1. The summed E-state index contributed by atoms with van der Waals surface area (Å²) in [6.07, 6.45) is 7.33. The molecule has 1 saturated heterocycles. The number of Topliss-reactive ketones (excluding diaryl/α,β-unsaturated/α-hetero) is 1. The zero-order valence-corrected chi connectivity index (χ0v) is 32.6. The molecule has 4 N–H and O–H groups in total. The Hall–Kier alpha value is -4.91. The molecule has 1 aliphatic carbocycles. The lowest BCUT2D eigenvalue weighted by Gasteiger charge is -2.43. The van der Waals surface area contributed by atoms with Crippen molar-refractivity contribution in [1.29, 1.82) is 0 Å². The molecule has 1 saturated carbocycles. The van der Waals surface area contributed by atoms with E-state index in [4.69, 9.17) is 16.3 Å². The standard InChI is InChI=1S/C41H53ClN6O7/c1-41(2,3)55-40(54)46-31-16-9-4-5-10-21-43-36(50)33(25-27-12-7-6-8-13-27)45-38(52)35(49)32(24-28-14-11-15-28)44-37(51)34-26-47(39(31)53)22-23-48(34)30-19-17-29(42)18-20-30/h4-8,12-13,17-20,28,31-34H,9-11,14-16,21-26H2,1-3H3,(H,43,50)(H,44,51)(H,45,52)(H,46,54)/t31?,32?,33-,34+/m1/s1. The van der Waals surface area contributed by atoms with E-state index in [0.717, 1.165) is 24.8 Å². The number of fused-ring (bicyclic) bond motifs is 2. The molecule has 0 aromatic heterocycles. The topological polar surface area (TPSA) is 166 Å². The number of hydrogen-bond acceptors (Lipinski definition) is 8. The van der Waals surface area contributed by atoms with Crippen molar-refractivity contribution in [2.45, 2.75) is 102 Å². The van der Waals surface area contributed by atoms with Crippen LogP contribution in [0.25, 0.3) is 0 Å². The van der Waals surface area contributed by atoms with Crippen molar-refractivity contribution in [3.8, 4) is 0 Å². The van der Waals surface area contributed by atoms with E-state index in [1.165, 1.54) is 0 Å². The lowest BCUT2D eigenvalue weighted by Crippen LogP contribution is -2.64. The van der Waals surface area contributed by atoms with Gasteiger partial charge in [-0.05, 0) is 82.2 Å². The largest absolute Gasteiger partial charge is 0.444 e. The van der Waals surface area contributed by atoms with E-state index in [0.29, 0.717) is 23.6 Å². The van der Waals surface area contributed by atoms with E-state index in [9.17, 15) is 28.8 Å². The average Bonchev–Trinajstić information content (AvgIpc) is 3.13. The number of halogens is 1. The Kier molecular flexibility index (Phi) is 14.3.